The Hall–Kier alpha value is 0.920. The molecule has 0 aliphatic rings. The van der Waals surface area contributed by atoms with Crippen LogP contribution in [-0.4, -0.2) is 16.2 Å². The molecule has 0 saturated carbocycles. The lowest BCUT2D eigenvalue weighted by atomic mass is 10.4. The van der Waals surface area contributed by atoms with E-state index in [9.17, 15) is 9.13 Å². The molecule has 0 bridgehead atoms. The molecule has 0 rings (SSSR count). The molecule has 0 radical (unpaired) electrons. The summed E-state index contributed by atoms with van der Waals surface area (Å²) in [6, 6.07) is -0.0999. The molecule has 110 valence electrons. The monoisotopic (exact) mass is 336 g/mol. The quantitative estimate of drug-likeness (QED) is 0.252. The Balaban J connectivity index is 4.58. The molecule has 12 heteroatoms. The van der Waals surface area contributed by atoms with E-state index in [4.69, 9.17) is 16.5 Å². The SMILES string of the molecule is CC(C)NP(N)(=O)N(SSNP(N)(N)=O)C(C)C. The smallest absolute Gasteiger partial charge is 0.271 e. The molecule has 0 aromatic carbocycles. The average Bonchev–Trinajstić information content (AvgIpc) is 2.07. The molecule has 1 atom stereocenters. The van der Waals surface area contributed by atoms with E-state index in [1.807, 2.05) is 27.7 Å². The van der Waals surface area contributed by atoms with E-state index in [2.05, 4.69) is 9.58 Å². The maximum atomic E-state index is 12.3. The standard InChI is InChI=1S/C6H22N6O2P2S2/c1-5(2)10-16(9,14)12(6(3)4)18-17-11-15(7,8)13/h5-6H,1-4H3,(H3,9,10,14)(H5,7,8,11,13). The number of hydrogen-bond acceptors (Lipinski definition) is 4. The van der Waals surface area contributed by atoms with Crippen LogP contribution in [0.15, 0.2) is 0 Å². The van der Waals surface area contributed by atoms with Crippen molar-refractivity contribution in [3.05, 3.63) is 0 Å². The van der Waals surface area contributed by atoms with Crippen LogP contribution in [0.2, 0.25) is 0 Å². The van der Waals surface area contributed by atoms with Crippen molar-refractivity contribution in [2.75, 3.05) is 0 Å². The number of nitrogens with zero attached hydrogens (tertiary/aromatic N) is 1. The molecule has 0 heterocycles. The number of nitrogens with two attached hydrogens (primary N) is 3. The maximum Gasteiger partial charge on any atom is 0.289 e. The summed E-state index contributed by atoms with van der Waals surface area (Å²) in [6.45, 7) is 7.39. The maximum absolute atomic E-state index is 12.3. The van der Waals surface area contributed by atoms with Crippen LogP contribution in [0.3, 0.4) is 0 Å². The Labute approximate surface area is 116 Å². The number of hydrogen-bond donors (Lipinski definition) is 5. The molecule has 0 saturated heterocycles. The zero-order valence-corrected chi connectivity index (χ0v) is 14.3. The van der Waals surface area contributed by atoms with Gasteiger partial charge in [-0.15, -0.1) is 0 Å². The Morgan fingerprint density at radius 2 is 1.61 bits per heavy atom. The first-order valence-electron chi connectivity index (χ1n) is 5.20. The van der Waals surface area contributed by atoms with Crippen molar-refractivity contribution in [1.29, 1.82) is 0 Å². The largest absolute Gasteiger partial charge is 0.289 e. The summed E-state index contributed by atoms with van der Waals surface area (Å²) in [4.78, 5) is 0. The first-order valence-corrected chi connectivity index (χ1v) is 10.9. The van der Waals surface area contributed by atoms with Gasteiger partial charge in [0.25, 0.3) is 15.2 Å². The van der Waals surface area contributed by atoms with Crippen molar-refractivity contribution in [3.8, 4) is 0 Å². The van der Waals surface area contributed by atoms with E-state index in [0.717, 1.165) is 22.0 Å². The highest BCUT2D eigenvalue weighted by Crippen LogP contribution is 2.48. The van der Waals surface area contributed by atoms with Gasteiger partial charge in [-0.2, -0.15) is 8.57 Å². The first kappa shape index (κ1) is 18.9. The van der Waals surface area contributed by atoms with Crippen LogP contribution in [-0.2, 0) is 9.13 Å². The van der Waals surface area contributed by atoms with Crippen LogP contribution < -0.4 is 26.1 Å². The fourth-order valence-corrected chi connectivity index (χ4v) is 7.23. The Bertz CT molecular complexity index is 349. The Kier molecular flexibility index (Phi) is 8.03. The third kappa shape index (κ3) is 8.16. The van der Waals surface area contributed by atoms with Gasteiger partial charge in [-0.05, 0) is 27.7 Å². The molecular weight excluding hydrogens is 314 g/mol. The van der Waals surface area contributed by atoms with Gasteiger partial charge in [0.05, 0.1) is 0 Å². The van der Waals surface area contributed by atoms with Gasteiger partial charge in [0.15, 0.2) is 0 Å². The Morgan fingerprint density at radius 1 is 1.11 bits per heavy atom. The van der Waals surface area contributed by atoms with Crippen molar-refractivity contribution in [2.45, 2.75) is 39.8 Å². The lowest BCUT2D eigenvalue weighted by Gasteiger charge is -2.31. The molecule has 0 fully saturated rings. The number of nitrogens with one attached hydrogen (secondary N) is 2. The lowest BCUT2D eigenvalue weighted by molar-refractivity contribution is 0.481. The fourth-order valence-electron chi connectivity index (χ4n) is 1.02. The van der Waals surface area contributed by atoms with Gasteiger partial charge in [0, 0.05) is 34.0 Å². The van der Waals surface area contributed by atoms with Crippen LogP contribution in [0.4, 0.5) is 0 Å². The van der Waals surface area contributed by atoms with Gasteiger partial charge in [0.2, 0.25) is 0 Å². The normalized spacial score (nSPS) is 16.6. The van der Waals surface area contributed by atoms with Crippen LogP contribution in [0.1, 0.15) is 27.7 Å². The topological polar surface area (TPSA) is 140 Å². The molecular formula is C6H22N6O2P2S2. The third-order valence-corrected chi connectivity index (χ3v) is 8.17. The summed E-state index contributed by atoms with van der Waals surface area (Å²) >= 11 is 0. The van der Waals surface area contributed by atoms with Crippen LogP contribution in [0.25, 0.3) is 0 Å². The van der Waals surface area contributed by atoms with E-state index < -0.39 is 15.2 Å². The molecule has 0 aliphatic carbocycles. The zero-order valence-electron chi connectivity index (χ0n) is 10.9. The molecule has 8 nitrogen and oxygen atoms in total. The summed E-state index contributed by atoms with van der Waals surface area (Å²) in [5.74, 6) is 0. The van der Waals surface area contributed by atoms with Crippen LogP contribution in [0, 0.1) is 0 Å². The minimum absolute atomic E-state index is 0.0178. The predicted octanol–water partition coefficient (Wildman–Crippen LogP) is 1.59. The third-order valence-electron chi connectivity index (χ3n) is 1.47. The van der Waals surface area contributed by atoms with Crippen molar-refractivity contribution in [1.82, 2.24) is 13.7 Å². The minimum Gasteiger partial charge on any atom is -0.271 e. The van der Waals surface area contributed by atoms with E-state index in [0.29, 0.717) is 0 Å². The van der Waals surface area contributed by atoms with E-state index in [1.54, 1.807) is 0 Å². The lowest BCUT2D eigenvalue weighted by Crippen LogP contribution is -2.35. The molecule has 1 unspecified atom stereocenters. The van der Waals surface area contributed by atoms with Gasteiger partial charge in [-0.3, -0.25) is 25.6 Å². The summed E-state index contributed by atoms with van der Waals surface area (Å²) in [5.41, 5.74) is 16.1. The molecule has 18 heavy (non-hydrogen) atoms. The van der Waals surface area contributed by atoms with Crippen molar-refractivity contribution >= 4 is 37.1 Å². The van der Waals surface area contributed by atoms with Crippen molar-refractivity contribution in [2.24, 2.45) is 16.5 Å². The zero-order chi connectivity index (χ0) is 14.6. The Morgan fingerprint density at radius 3 is 1.94 bits per heavy atom. The second-order valence-electron chi connectivity index (χ2n) is 4.26. The summed E-state index contributed by atoms with van der Waals surface area (Å²) in [6.07, 6.45) is 0. The summed E-state index contributed by atoms with van der Waals surface area (Å²) < 4.78 is 27.3. The van der Waals surface area contributed by atoms with Crippen molar-refractivity contribution in [3.63, 3.8) is 0 Å². The van der Waals surface area contributed by atoms with Crippen molar-refractivity contribution < 1.29 is 9.13 Å². The average molecular weight is 336 g/mol. The highest BCUT2D eigenvalue weighted by Gasteiger charge is 2.30. The van der Waals surface area contributed by atoms with Crippen LogP contribution >= 0.6 is 37.1 Å². The second-order valence-corrected chi connectivity index (χ2v) is 10.3. The summed E-state index contributed by atoms with van der Waals surface area (Å²) in [5, 5.41) is 2.81. The van der Waals surface area contributed by atoms with Gasteiger partial charge in [-0.25, -0.2) is 5.09 Å². The number of rotatable bonds is 8. The van der Waals surface area contributed by atoms with Gasteiger partial charge < -0.3 is 0 Å². The summed E-state index contributed by atoms with van der Waals surface area (Å²) in [7, 11) is -4.50. The highest BCUT2D eigenvalue weighted by atomic mass is 33.1. The van der Waals surface area contributed by atoms with E-state index >= 15 is 0 Å². The van der Waals surface area contributed by atoms with Gasteiger partial charge in [0.1, 0.15) is 0 Å². The van der Waals surface area contributed by atoms with E-state index in [1.165, 1.54) is 4.08 Å². The second kappa shape index (κ2) is 7.64. The molecule has 0 aliphatic heterocycles. The fraction of sp³-hybridized carbons (Fsp3) is 1.00. The highest BCUT2D eigenvalue weighted by molar-refractivity contribution is 8.76. The minimum atomic E-state index is -3.32. The molecule has 0 amide bonds. The van der Waals surface area contributed by atoms with Gasteiger partial charge >= 0.3 is 0 Å². The molecule has 8 N–H and O–H groups in total. The molecule has 0 spiro atoms. The van der Waals surface area contributed by atoms with Gasteiger partial charge in [-0.1, -0.05) is 0 Å². The van der Waals surface area contributed by atoms with E-state index in [-0.39, 0.29) is 12.1 Å². The molecule has 0 aromatic rings. The predicted molar refractivity (Wildman–Crippen MR) is 81.3 cm³/mol. The first-order chi connectivity index (χ1) is 7.96. The molecule has 0 aromatic heterocycles. The van der Waals surface area contributed by atoms with Crippen LogP contribution in [0.5, 0.6) is 0 Å².